The zero-order valence-electron chi connectivity index (χ0n) is 9.94. The molecule has 1 aliphatic rings. The number of rotatable bonds is 5. The van der Waals surface area contributed by atoms with Gasteiger partial charge in [0.2, 0.25) is 0 Å². The normalized spacial score (nSPS) is 24.7. The minimum Gasteiger partial charge on any atom is -0.396 e. The van der Waals surface area contributed by atoms with Gasteiger partial charge in [-0.2, -0.15) is 0 Å². The summed E-state index contributed by atoms with van der Waals surface area (Å²) in [5.41, 5.74) is -0.289. The number of benzene rings is 1. The van der Waals surface area contributed by atoms with Crippen LogP contribution in [0.1, 0.15) is 24.5 Å². The third-order valence-electron chi connectivity index (χ3n) is 3.43. The Morgan fingerprint density at radius 3 is 2.44 bits per heavy atom. The monoisotopic (exact) mass is 257 g/mol. The maximum absolute atomic E-state index is 13.4. The first-order chi connectivity index (χ1) is 8.61. The van der Waals surface area contributed by atoms with Gasteiger partial charge in [-0.3, -0.25) is 0 Å². The molecule has 0 spiro atoms. The average molecular weight is 257 g/mol. The Balaban J connectivity index is 1.86. The summed E-state index contributed by atoms with van der Waals surface area (Å²) < 4.78 is 26.8. The van der Waals surface area contributed by atoms with E-state index in [1.54, 1.807) is 0 Å². The number of hydrogen-bond donors (Lipinski definition) is 3. The Kier molecular flexibility index (Phi) is 4.27. The van der Waals surface area contributed by atoms with Crippen LogP contribution >= 0.6 is 0 Å². The fraction of sp³-hybridized carbons (Fsp3) is 0.538. The molecule has 1 atom stereocenters. The van der Waals surface area contributed by atoms with E-state index >= 15 is 0 Å². The average Bonchev–Trinajstić information content (AvgIpc) is 2.27. The van der Waals surface area contributed by atoms with Crippen LogP contribution in [0.4, 0.5) is 8.78 Å². The predicted octanol–water partition coefficient (Wildman–Crippen LogP) is 1.36. The van der Waals surface area contributed by atoms with E-state index in [1.807, 2.05) is 0 Å². The van der Waals surface area contributed by atoms with E-state index in [0.717, 1.165) is 25.0 Å². The van der Waals surface area contributed by atoms with E-state index in [-0.39, 0.29) is 24.8 Å². The summed E-state index contributed by atoms with van der Waals surface area (Å²) in [6.07, 6.45) is 0.478. The van der Waals surface area contributed by atoms with Crippen LogP contribution in [0.2, 0.25) is 0 Å². The maximum atomic E-state index is 13.4. The fourth-order valence-electron chi connectivity index (χ4n) is 2.26. The third kappa shape index (κ3) is 2.85. The summed E-state index contributed by atoms with van der Waals surface area (Å²) in [5.74, 6) is -1.15. The van der Waals surface area contributed by atoms with Gasteiger partial charge in [0, 0.05) is 19.2 Å². The summed E-state index contributed by atoms with van der Waals surface area (Å²) >= 11 is 0. The lowest BCUT2D eigenvalue weighted by molar-refractivity contribution is 0.107. The van der Waals surface area contributed by atoms with Gasteiger partial charge in [0.05, 0.1) is 11.7 Å². The summed E-state index contributed by atoms with van der Waals surface area (Å²) in [7, 11) is 0. The van der Waals surface area contributed by atoms with Gasteiger partial charge in [-0.05, 0) is 30.9 Å². The van der Waals surface area contributed by atoms with Crippen molar-refractivity contribution in [2.75, 3.05) is 13.2 Å². The molecule has 1 unspecified atom stereocenters. The van der Waals surface area contributed by atoms with Crippen molar-refractivity contribution in [2.24, 2.45) is 5.92 Å². The molecule has 0 saturated heterocycles. The number of nitrogens with one attached hydrogen (secondary N) is 1. The van der Waals surface area contributed by atoms with Crippen molar-refractivity contribution in [3.8, 4) is 0 Å². The molecule has 3 N–H and O–H groups in total. The second kappa shape index (κ2) is 5.73. The summed E-state index contributed by atoms with van der Waals surface area (Å²) in [6.45, 7) is 0.281. The zero-order chi connectivity index (χ0) is 13.1. The molecule has 0 bridgehead atoms. The second-order valence-electron chi connectivity index (χ2n) is 4.78. The highest BCUT2D eigenvalue weighted by Crippen LogP contribution is 2.27. The second-order valence-corrected chi connectivity index (χ2v) is 4.78. The topological polar surface area (TPSA) is 52.5 Å². The molecule has 0 radical (unpaired) electrons. The molecule has 5 heteroatoms. The third-order valence-corrected chi connectivity index (χ3v) is 3.43. The number of hydrogen-bond acceptors (Lipinski definition) is 3. The van der Waals surface area contributed by atoms with Crippen molar-refractivity contribution in [3.05, 3.63) is 35.4 Å². The van der Waals surface area contributed by atoms with Gasteiger partial charge in [0.25, 0.3) is 0 Å². The first-order valence-corrected chi connectivity index (χ1v) is 6.08. The lowest BCUT2D eigenvalue weighted by Gasteiger charge is -2.35. The van der Waals surface area contributed by atoms with E-state index in [1.165, 1.54) is 6.07 Å². The standard InChI is InChI=1S/C13H17F2NO2/c14-10-2-1-3-11(15)13(10)12(18)6-16-9-4-8(5-9)7-17/h1-3,8-9,12,16-18H,4-7H2. The summed E-state index contributed by atoms with van der Waals surface area (Å²) in [4.78, 5) is 0. The molecule has 3 nitrogen and oxygen atoms in total. The fourth-order valence-corrected chi connectivity index (χ4v) is 2.26. The largest absolute Gasteiger partial charge is 0.396 e. The summed E-state index contributed by atoms with van der Waals surface area (Å²) in [6, 6.07) is 3.75. The number of aliphatic hydroxyl groups excluding tert-OH is 2. The Morgan fingerprint density at radius 2 is 1.89 bits per heavy atom. The number of aliphatic hydroxyl groups is 2. The Morgan fingerprint density at radius 1 is 1.28 bits per heavy atom. The van der Waals surface area contributed by atoms with Crippen molar-refractivity contribution in [1.29, 1.82) is 0 Å². The van der Waals surface area contributed by atoms with Crippen LogP contribution < -0.4 is 5.32 Å². The SMILES string of the molecule is OCC1CC(NCC(O)c2c(F)cccc2F)C1. The van der Waals surface area contributed by atoms with Crippen LogP contribution in [0.5, 0.6) is 0 Å². The molecule has 1 aromatic rings. The highest BCUT2D eigenvalue weighted by molar-refractivity contribution is 5.22. The van der Waals surface area contributed by atoms with E-state index in [2.05, 4.69) is 5.32 Å². The molecule has 0 aromatic heterocycles. The van der Waals surface area contributed by atoms with E-state index in [0.29, 0.717) is 5.92 Å². The first kappa shape index (κ1) is 13.4. The van der Waals surface area contributed by atoms with Gasteiger partial charge in [-0.15, -0.1) is 0 Å². The first-order valence-electron chi connectivity index (χ1n) is 6.08. The molecule has 1 saturated carbocycles. The van der Waals surface area contributed by atoms with Gasteiger partial charge in [-0.1, -0.05) is 6.07 Å². The molecule has 100 valence electrons. The Bertz CT molecular complexity index is 388. The minimum absolute atomic E-state index is 0.112. The number of halogens is 2. The molecule has 1 aliphatic carbocycles. The molecule has 0 amide bonds. The van der Waals surface area contributed by atoms with Crippen LogP contribution in [0.3, 0.4) is 0 Å². The molecular weight excluding hydrogens is 240 g/mol. The molecule has 1 fully saturated rings. The van der Waals surface area contributed by atoms with Crippen LogP contribution in [0.25, 0.3) is 0 Å². The Labute approximate surface area is 104 Å². The van der Waals surface area contributed by atoms with Crippen molar-refractivity contribution in [1.82, 2.24) is 5.32 Å². The molecular formula is C13H17F2NO2. The van der Waals surface area contributed by atoms with Crippen molar-refractivity contribution in [2.45, 2.75) is 25.0 Å². The highest BCUT2D eigenvalue weighted by Gasteiger charge is 2.29. The summed E-state index contributed by atoms with van der Waals surface area (Å²) in [5, 5.41) is 21.7. The van der Waals surface area contributed by atoms with Crippen molar-refractivity contribution >= 4 is 0 Å². The minimum atomic E-state index is -1.20. The van der Waals surface area contributed by atoms with Crippen molar-refractivity contribution < 1.29 is 19.0 Å². The molecule has 18 heavy (non-hydrogen) atoms. The van der Waals surface area contributed by atoms with E-state index in [4.69, 9.17) is 5.11 Å². The smallest absolute Gasteiger partial charge is 0.131 e. The van der Waals surface area contributed by atoms with Crippen molar-refractivity contribution in [3.63, 3.8) is 0 Å². The maximum Gasteiger partial charge on any atom is 0.131 e. The van der Waals surface area contributed by atoms with Crippen LogP contribution in [0.15, 0.2) is 18.2 Å². The quantitative estimate of drug-likeness (QED) is 0.746. The molecule has 2 rings (SSSR count). The highest BCUT2D eigenvalue weighted by atomic mass is 19.1. The predicted molar refractivity (Wildman–Crippen MR) is 62.9 cm³/mol. The van der Waals surface area contributed by atoms with Crippen LogP contribution in [-0.2, 0) is 0 Å². The molecule has 1 aromatic carbocycles. The molecule has 0 heterocycles. The molecule has 0 aliphatic heterocycles. The van der Waals surface area contributed by atoms with Gasteiger partial charge in [0.15, 0.2) is 0 Å². The van der Waals surface area contributed by atoms with Gasteiger partial charge < -0.3 is 15.5 Å². The van der Waals surface area contributed by atoms with Crippen LogP contribution in [0, 0.1) is 17.6 Å². The van der Waals surface area contributed by atoms with E-state index in [9.17, 15) is 13.9 Å². The Hall–Kier alpha value is -1.04. The van der Waals surface area contributed by atoms with Crippen LogP contribution in [-0.4, -0.2) is 29.4 Å². The van der Waals surface area contributed by atoms with Gasteiger partial charge >= 0.3 is 0 Å². The van der Waals surface area contributed by atoms with E-state index < -0.39 is 17.7 Å². The van der Waals surface area contributed by atoms with Gasteiger partial charge in [0.1, 0.15) is 11.6 Å². The lowest BCUT2D eigenvalue weighted by atomic mass is 9.81. The lowest BCUT2D eigenvalue weighted by Crippen LogP contribution is -2.44. The zero-order valence-corrected chi connectivity index (χ0v) is 9.94. The van der Waals surface area contributed by atoms with Gasteiger partial charge in [-0.25, -0.2) is 8.78 Å².